The average molecular weight is 293 g/mol. The van der Waals surface area contributed by atoms with Crippen molar-refractivity contribution in [2.45, 2.75) is 12.8 Å². The Hall–Kier alpha value is -1.30. The molecular weight excluding hydrogens is 266 g/mol. The van der Waals surface area contributed by atoms with Gasteiger partial charge in [0.15, 0.2) is 0 Å². The highest BCUT2D eigenvalue weighted by Crippen LogP contribution is 2.14. The van der Waals surface area contributed by atoms with Crippen molar-refractivity contribution in [2.24, 2.45) is 0 Å². The predicted molar refractivity (Wildman–Crippen MR) is 85.5 cm³/mol. The molecule has 118 valence electrons. The molecule has 3 N–H and O–H groups in total. The van der Waals surface area contributed by atoms with E-state index in [1.807, 2.05) is 24.3 Å². The lowest BCUT2D eigenvalue weighted by Crippen LogP contribution is -2.33. The average Bonchev–Trinajstić information content (AvgIpc) is 2.70. The molecule has 1 saturated heterocycles. The Morgan fingerprint density at radius 2 is 1.86 bits per heavy atom. The van der Waals surface area contributed by atoms with Crippen LogP contribution in [0.15, 0.2) is 24.3 Å². The maximum absolute atomic E-state index is 9.00. The molecule has 0 aliphatic carbocycles. The smallest absolute Gasteiger partial charge is 0.121 e. The first-order valence-electron chi connectivity index (χ1n) is 7.82. The van der Waals surface area contributed by atoms with E-state index in [0.29, 0.717) is 0 Å². The molecule has 1 fully saturated rings. The molecule has 1 aliphatic rings. The highest BCUT2D eigenvalue weighted by atomic mass is 16.5. The van der Waals surface area contributed by atoms with Gasteiger partial charge in [0.1, 0.15) is 5.75 Å². The minimum Gasteiger partial charge on any atom is -0.493 e. The normalized spacial score (nSPS) is 17.6. The van der Waals surface area contributed by atoms with Crippen LogP contribution in [0.2, 0.25) is 0 Å². The second kappa shape index (κ2) is 8.87. The molecule has 0 aromatic heterocycles. The van der Waals surface area contributed by atoms with E-state index in [1.54, 1.807) is 0 Å². The van der Waals surface area contributed by atoms with Gasteiger partial charge < -0.3 is 20.5 Å². The number of ether oxygens (including phenoxy) is 1. The largest absolute Gasteiger partial charge is 0.493 e. The molecular formula is C16H27N3O2. The van der Waals surface area contributed by atoms with Gasteiger partial charge in [-0.05, 0) is 38.1 Å². The van der Waals surface area contributed by atoms with E-state index in [-0.39, 0.29) is 6.61 Å². The van der Waals surface area contributed by atoms with Crippen molar-refractivity contribution in [3.8, 4) is 5.75 Å². The number of anilines is 1. The molecule has 0 unspecified atom stereocenters. The summed E-state index contributed by atoms with van der Waals surface area (Å²) in [5.74, 6) is 0.847. The molecule has 0 radical (unpaired) electrons. The van der Waals surface area contributed by atoms with Gasteiger partial charge in [-0.1, -0.05) is 6.07 Å². The molecule has 1 aromatic carbocycles. The predicted octanol–water partition coefficient (Wildman–Crippen LogP) is 1.04. The number of rotatable bonds is 7. The lowest BCUT2D eigenvalue weighted by atomic mass is 10.3. The Kier molecular flexibility index (Phi) is 6.79. The summed E-state index contributed by atoms with van der Waals surface area (Å²) in [7, 11) is 0. The van der Waals surface area contributed by atoms with Crippen LogP contribution in [0.25, 0.3) is 0 Å². The van der Waals surface area contributed by atoms with Crippen molar-refractivity contribution in [3.05, 3.63) is 24.3 Å². The van der Waals surface area contributed by atoms with Crippen LogP contribution in [0.4, 0.5) is 5.69 Å². The quantitative estimate of drug-likeness (QED) is 0.581. The standard InChI is InChI=1S/C16H27N3O2/c17-15-4-1-5-16(14-15)21-13-3-8-18-6-2-7-19(10-9-18)11-12-20/h1,4-5,14,20H,2-3,6-13,17H2. The highest BCUT2D eigenvalue weighted by Gasteiger charge is 2.13. The van der Waals surface area contributed by atoms with Gasteiger partial charge in [-0.15, -0.1) is 0 Å². The van der Waals surface area contributed by atoms with Crippen molar-refractivity contribution in [1.82, 2.24) is 9.80 Å². The monoisotopic (exact) mass is 293 g/mol. The van der Waals surface area contributed by atoms with Gasteiger partial charge in [-0.2, -0.15) is 0 Å². The van der Waals surface area contributed by atoms with Crippen LogP contribution in [0, 0.1) is 0 Å². The minimum atomic E-state index is 0.258. The van der Waals surface area contributed by atoms with Gasteiger partial charge in [0.05, 0.1) is 13.2 Å². The Labute approximate surface area is 127 Å². The van der Waals surface area contributed by atoms with Crippen molar-refractivity contribution in [3.63, 3.8) is 0 Å². The van der Waals surface area contributed by atoms with Gasteiger partial charge >= 0.3 is 0 Å². The summed E-state index contributed by atoms with van der Waals surface area (Å²) in [6.07, 6.45) is 2.20. The fourth-order valence-corrected chi connectivity index (χ4v) is 2.70. The minimum absolute atomic E-state index is 0.258. The number of nitrogens with two attached hydrogens (primary N) is 1. The number of nitrogen functional groups attached to an aromatic ring is 1. The third-order valence-electron chi connectivity index (χ3n) is 3.84. The Balaban J connectivity index is 1.62. The number of nitrogens with zero attached hydrogens (tertiary/aromatic N) is 2. The lowest BCUT2D eigenvalue weighted by molar-refractivity contribution is 0.194. The maximum atomic E-state index is 9.00. The zero-order chi connectivity index (χ0) is 14.9. The van der Waals surface area contributed by atoms with Gasteiger partial charge in [-0.3, -0.25) is 4.90 Å². The van der Waals surface area contributed by atoms with Crippen molar-refractivity contribution >= 4 is 5.69 Å². The molecule has 21 heavy (non-hydrogen) atoms. The molecule has 0 atom stereocenters. The number of aliphatic hydroxyl groups excluding tert-OH is 1. The molecule has 5 heteroatoms. The number of β-amino-alcohol motifs (C(OH)–C–C–N with tert-alkyl or cyclic N) is 1. The second-order valence-corrected chi connectivity index (χ2v) is 5.53. The molecule has 5 nitrogen and oxygen atoms in total. The van der Waals surface area contributed by atoms with Crippen LogP contribution in [0.5, 0.6) is 5.75 Å². The van der Waals surface area contributed by atoms with E-state index in [9.17, 15) is 0 Å². The van der Waals surface area contributed by atoms with Gasteiger partial charge in [0.2, 0.25) is 0 Å². The lowest BCUT2D eigenvalue weighted by Gasteiger charge is -2.21. The van der Waals surface area contributed by atoms with E-state index >= 15 is 0 Å². The van der Waals surface area contributed by atoms with Gasteiger partial charge in [0, 0.05) is 37.9 Å². The summed E-state index contributed by atoms with van der Waals surface area (Å²) in [5.41, 5.74) is 6.46. The number of aliphatic hydroxyl groups is 1. The zero-order valence-electron chi connectivity index (χ0n) is 12.7. The van der Waals surface area contributed by atoms with E-state index in [1.165, 1.54) is 6.42 Å². The Morgan fingerprint density at radius 3 is 2.57 bits per heavy atom. The van der Waals surface area contributed by atoms with Crippen LogP contribution >= 0.6 is 0 Å². The topological polar surface area (TPSA) is 62.0 Å². The summed E-state index contributed by atoms with van der Waals surface area (Å²) in [5, 5.41) is 9.00. The SMILES string of the molecule is Nc1cccc(OCCCN2CCCN(CCO)CC2)c1. The molecule has 0 amide bonds. The van der Waals surface area contributed by atoms with Gasteiger partial charge in [0.25, 0.3) is 0 Å². The van der Waals surface area contributed by atoms with Crippen molar-refractivity contribution in [1.29, 1.82) is 0 Å². The zero-order valence-corrected chi connectivity index (χ0v) is 12.7. The number of benzene rings is 1. The molecule has 1 aliphatic heterocycles. The van der Waals surface area contributed by atoms with Crippen molar-refractivity contribution < 1.29 is 9.84 Å². The first kappa shape index (κ1) is 16.1. The molecule has 1 aromatic rings. The third kappa shape index (κ3) is 5.91. The fourth-order valence-electron chi connectivity index (χ4n) is 2.70. The second-order valence-electron chi connectivity index (χ2n) is 5.53. The van der Waals surface area contributed by atoms with Gasteiger partial charge in [-0.25, -0.2) is 0 Å². The number of hydrogen-bond acceptors (Lipinski definition) is 5. The van der Waals surface area contributed by atoms with Crippen LogP contribution in [-0.4, -0.2) is 67.4 Å². The summed E-state index contributed by atoms with van der Waals surface area (Å²) in [6, 6.07) is 7.57. The summed E-state index contributed by atoms with van der Waals surface area (Å²) in [4.78, 5) is 4.82. The van der Waals surface area contributed by atoms with E-state index in [4.69, 9.17) is 15.6 Å². The molecule has 0 saturated carbocycles. The first-order chi connectivity index (χ1) is 10.3. The fraction of sp³-hybridized carbons (Fsp3) is 0.625. The Morgan fingerprint density at radius 1 is 1.10 bits per heavy atom. The molecule has 0 spiro atoms. The molecule has 2 rings (SSSR count). The summed E-state index contributed by atoms with van der Waals surface area (Å²) in [6.45, 7) is 7.21. The van der Waals surface area contributed by atoms with E-state index < -0.39 is 0 Å². The van der Waals surface area contributed by atoms with E-state index in [0.717, 1.165) is 63.7 Å². The Bertz CT molecular complexity index is 414. The third-order valence-corrected chi connectivity index (χ3v) is 3.84. The van der Waals surface area contributed by atoms with E-state index in [2.05, 4.69) is 9.80 Å². The van der Waals surface area contributed by atoms with Crippen LogP contribution < -0.4 is 10.5 Å². The molecule has 0 bridgehead atoms. The van der Waals surface area contributed by atoms with Crippen molar-refractivity contribution in [2.75, 3.05) is 58.2 Å². The van der Waals surface area contributed by atoms with Crippen LogP contribution in [0.1, 0.15) is 12.8 Å². The highest BCUT2D eigenvalue weighted by molar-refractivity contribution is 5.43. The number of hydrogen-bond donors (Lipinski definition) is 2. The maximum Gasteiger partial charge on any atom is 0.121 e. The first-order valence-corrected chi connectivity index (χ1v) is 7.82. The summed E-state index contributed by atoms with van der Waals surface area (Å²) < 4.78 is 5.72. The summed E-state index contributed by atoms with van der Waals surface area (Å²) >= 11 is 0. The van der Waals surface area contributed by atoms with Crippen LogP contribution in [-0.2, 0) is 0 Å². The van der Waals surface area contributed by atoms with Crippen LogP contribution in [0.3, 0.4) is 0 Å². The molecule has 1 heterocycles.